The number of methoxy groups -OCH3 is 1. The smallest absolute Gasteiger partial charge is 0.281 e. The quantitative estimate of drug-likeness (QED) is 0.241. The zero-order chi connectivity index (χ0) is 23.4. The first-order chi connectivity index (χ1) is 16.0. The monoisotopic (exact) mass is 461 g/mol. The van der Waals surface area contributed by atoms with E-state index in [1.807, 2.05) is 42.5 Å². The van der Waals surface area contributed by atoms with Gasteiger partial charge in [-0.05, 0) is 54.2 Å². The number of carbonyl (C=O) groups is 1. The largest absolute Gasteiger partial charge is 0.496 e. The van der Waals surface area contributed by atoms with Crippen LogP contribution in [0, 0.1) is 10.1 Å². The van der Waals surface area contributed by atoms with Gasteiger partial charge in [0.2, 0.25) is 0 Å². The van der Waals surface area contributed by atoms with E-state index >= 15 is 0 Å². The van der Waals surface area contributed by atoms with Gasteiger partial charge in [0.1, 0.15) is 23.8 Å². The third kappa shape index (κ3) is 4.83. The van der Waals surface area contributed by atoms with Gasteiger partial charge >= 0.3 is 0 Å². The number of nitro benzene ring substituents is 1. The molecular formula is C24H19N3O5S. The van der Waals surface area contributed by atoms with E-state index in [0.717, 1.165) is 5.56 Å². The summed E-state index contributed by atoms with van der Waals surface area (Å²) < 4.78 is 11.2. The molecule has 1 aliphatic heterocycles. The SMILES string of the molecule is COc1ccc(/C=C2/NC(=S)N(c3ccccc3)C2=O)cc1COc1cccc([N+](=O)[O-])c1. The van der Waals surface area contributed by atoms with Crippen LogP contribution >= 0.6 is 12.2 Å². The summed E-state index contributed by atoms with van der Waals surface area (Å²) >= 11 is 5.35. The fraction of sp³-hybridized carbons (Fsp3) is 0.0833. The first-order valence-corrected chi connectivity index (χ1v) is 10.3. The van der Waals surface area contributed by atoms with Crippen LogP contribution < -0.4 is 19.7 Å². The minimum Gasteiger partial charge on any atom is -0.496 e. The number of para-hydroxylation sites is 1. The molecule has 0 unspecified atom stereocenters. The second-order valence-corrected chi connectivity index (χ2v) is 7.47. The van der Waals surface area contributed by atoms with Crippen molar-refractivity contribution >= 4 is 40.7 Å². The molecule has 3 aromatic carbocycles. The van der Waals surface area contributed by atoms with Gasteiger partial charge in [0.15, 0.2) is 5.11 Å². The van der Waals surface area contributed by atoms with Gasteiger partial charge < -0.3 is 14.8 Å². The maximum atomic E-state index is 12.9. The summed E-state index contributed by atoms with van der Waals surface area (Å²) in [5.41, 5.74) is 2.43. The number of carbonyl (C=O) groups excluding carboxylic acids is 1. The maximum Gasteiger partial charge on any atom is 0.281 e. The van der Waals surface area contributed by atoms with E-state index < -0.39 is 4.92 Å². The van der Waals surface area contributed by atoms with Crippen molar-refractivity contribution in [2.75, 3.05) is 12.0 Å². The van der Waals surface area contributed by atoms with Crippen LogP contribution in [-0.2, 0) is 11.4 Å². The van der Waals surface area contributed by atoms with E-state index in [1.54, 1.807) is 31.4 Å². The van der Waals surface area contributed by atoms with Gasteiger partial charge in [-0.15, -0.1) is 0 Å². The Kier molecular flexibility index (Phi) is 6.32. The second-order valence-electron chi connectivity index (χ2n) is 7.08. The van der Waals surface area contributed by atoms with Crippen molar-refractivity contribution in [3.8, 4) is 11.5 Å². The molecule has 0 aromatic heterocycles. The average molecular weight is 461 g/mol. The van der Waals surface area contributed by atoms with Crippen molar-refractivity contribution in [2.45, 2.75) is 6.61 Å². The Bertz CT molecular complexity index is 1260. The summed E-state index contributed by atoms with van der Waals surface area (Å²) in [5.74, 6) is 0.706. The van der Waals surface area contributed by atoms with E-state index in [2.05, 4.69) is 5.32 Å². The van der Waals surface area contributed by atoms with Gasteiger partial charge in [-0.25, -0.2) is 0 Å². The maximum absolute atomic E-state index is 12.9. The van der Waals surface area contributed by atoms with Crippen molar-refractivity contribution in [1.29, 1.82) is 0 Å². The molecule has 33 heavy (non-hydrogen) atoms. The predicted octanol–water partition coefficient (Wildman–Crippen LogP) is 4.44. The normalized spacial score (nSPS) is 14.3. The third-order valence-electron chi connectivity index (χ3n) is 4.93. The summed E-state index contributed by atoms with van der Waals surface area (Å²) in [6.07, 6.45) is 1.70. The Balaban J connectivity index is 1.56. The minimum absolute atomic E-state index is 0.0530. The molecule has 0 aliphatic carbocycles. The number of benzene rings is 3. The molecule has 0 bridgehead atoms. The topological polar surface area (TPSA) is 93.9 Å². The van der Waals surface area contributed by atoms with Gasteiger partial charge in [0, 0.05) is 11.6 Å². The number of thiocarbonyl (C=S) groups is 1. The van der Waals surface area contributed by atoms with Gasteiger partial charge in [0.05, 0.1) is 23.8 Å². The highest BCUT2D eigenvalue weighted by molar-refractivity contribution is 7.80. The molecule has 9 heteroatoms. The Morgan fingerprint density at radius 3 is 2.61 bits per heavy atom. The molecule has 1 heterocycles. The van der Waals surface area contributed by atoms with Crippen molar-refractivity contribution in [1.82, 2.24) is 5.32 Å². The van der Waals surface area contributed by atoms with Crippen LogP contribution in [0.3, 0.4) is 0 Å². The van der Waals surface area contributed by atoms with E-state index in [-0.39, 0.29) is 18.2 Å². The van der Waals surface area contributed by atoms with E-state index in [9.17, 15) is 14.9 Å². The lowest BCUT2D eigenvalue weighted by Crippen LogP contribution is -2.30. The highest BCUT2D eigenvalue weighted by Gasteiger charge is 2.31. The molecule has 0 spiro atoms. The molecule has 1 amide bonds. The van der Waals surface area contributed by atoms with Crippen LogP contribution in [0.15, 0.2) is 78.5 Å². The minimum atomic E-state index is -0.477. The van der Waals surface area contributed by atoms with E-state index in [0.29, 0.717) is 33.6 Å². The predicted molar refractivity (Wildman–Crippen MR) is 128 cm³/mol. The number of nitrogens with zero attached hydrogens (tertiary/aromatic N) is 2. The summed E-state index contributed by atoms with van der Waals surface area (Å²) in [6, 6.07) is 20.5. The molecule has 0 radical (unpaired) electrons. The van der Waals surface area contributed by atoms with Crippen LogP contribution in [-0.4, -0.2) is 23.1 Å². The zero-order valence-corrected chi connectivity index (χ0v) is 18.4. The molecule has 0 atom stereocenters. The molecule has 8 nitrogen and oxygen atoms in total. The van der Waals surface area contributed by atoms with E-state index in [4.69, 9.17) is 21.7 Å². The molecule has 0 saturated carbocycles. The van der Waals surface area contributed by atoms with Crippen LogP contribution in [0.5, 0.6) is 11.5 Å². The lowest BCUT2D eigenvalue weighted by Gasteiger charge is -2.13. The molecule has 1 aliphatic rings. The first-order valence-electron chi connectivity index (χ1n) is 9.92. The van der Waals surface area contributed by atoms with Crippen molar-refractivity contribution < 1.29 is 19.2 Å². The number of rotatable bonds is 7. The Hall–Kier alpha value is -4.24. The van der Waals surface area contributed by atoms with Gasteiger partial charge in [0.25, 0.3) is 11.6 Å². The highest BCUT2D eigenvalue weighted by Crippen LogP contribution is 2.26. The number of nitro groups is 1. The van der Waals surface area contributed by atoms with Crippen molar-refractivity contribution in [2.24, 2.45) is 0 Å². The molecule has 1 saturated heterocycles. The molecule has 166 valence electrons. The fourth-order valence-corrected chi connectivity index (χ4v) is 3.66. The molecule has 3 aromatic rings. The van der Waals surface area contributed by atoms with Crippen LogP contribution in [0.4, 0.5) is 11.4 Å². The number of non-ortho nitro benzene ring substituents is 1. The molecular weight excluding hydrogens is 442 g/mol. The standard InChI is InChI=1S/C24H19N3O5S/c1-31-22-11-10-16(12-17(22)15-32-20-9-5-8-19(14-20)27(29)30)13-21-23(28)26(24(33)25-21)18-6-3-2-4-7-18/h2-14H,15H2,1H3,(H,25,33)/b21-13+. The Morgan fingerprint density at radius 1 is 1.09 bits per heavy atom. The van der Waals surface area contributed by atoms with Crippen LogP contribution in [0.2, 0.25) is 0 Å². The molecule has 1 fully saturated rings. The number of ether oxygens (including phenoxy) is 2. The summed E-state index contributed by atoms with van der Waals surface area (Å²) in [4.78, 5) is 24.9. The Labute approximate surface area is 195 Å². The number of amides is 1. The lowest BCUT2D eigenvalue weighted by molar-refractivity contribution is -0.384. The van der Waals surface area contributed by atoms with E-state index in [1.165, 1.54) is 17.0 Å². The lowest BCUT2D eigenvalue weighted by atomic mass is 10.1. The zero-order valence-electron chi connectivity index (χ0n) is 17.6. The Morgan fingerprint density at radius 2 is 1.88 bits per heavy atom. The van der Waals surface area contributed by atoms with Gasteiger partial charge in [-0.2, -0.15) is 0 Å². The number of anilines is 1. The van der Waals surface area contributed by atoms with Crippen molar-refractivity contribution in [3.05, 3.63) is 99.7 Å². The highest BCUT2D eigenvalue weighted by atomic mass is 32.1. The number of hydrogen-bond donors (Lipinski definition) is 1. The summed E-state index contributed by atoms with van der Waals surface area (Å²) in [6.45, 7) is 0.122. The number of hydrogen-bond acceptors (Lipinski definition) is 6. The fourth-order valence-electron chi connectivity index (χ4n) is 3.36. The van der Waals surface area contributed by atoms with Gasteiger partial charge in [-0.3, -0.25) is 19.8 Å². The first kappa shape index (κ1) is 22.0. The third-order valence-corrected chi connectivity index (χ3v) is 5.22. The summed E-state index contributed by atoms with van der Waals surface area (Å²) in [7, 11) is 1.54. The van der Waals surface area contributed by atoms with Gasteiger partial charge in [-0.1, -0.05) is 30.3 Å². The van der Waals surface area contributed by atoms with Crippen LogP contribution in [0.1, 0.15) is 11.1 Å². The van der Waals surface area contributed by atoms with Crippen LogP contribution in [0.25, 0.3) is 6.08 Å². The summed E-state index contributed by atoms with van der Waals surface area (Å²) in [5, 5.41) is 14.2. The number of nitrogens with one attached hydrogen (secondary N) is 1. The second kappa shape index (κ2) is 9.49. The van der Waals surface area contributed by atoms with Crippen molar-refractivity contribution in [3.63, 3.8) is 0 Å². The molecule has 1 N–H and O–H groups in total. The average Bonchev–Trinajstić information content (AvgIpc) is 3.11. The molecule has 4 rings (SSSR count).